The Hall–Kier alpha value is -1.14. The summed E-state index contributed by atoms with van der Waals surface area (Å²) in [5, 5.41) is 3.21. The molecule has 0 aromatic heterocycles. The van der Waals surface area contributed by atoms with Crippen LogP contribution in [0, 0.1) is 17.8 Å². The molecule has 3 aliphatic carbocycles. The Morgan fingerprint density at radius 3 is 2.14 bits per heavy atom. The van der Waals surface area contributed by atoms with Crippen molar-refractivity contribution in [3.05, 3.63) is 0 Å². The van der Waals surface area contributed by atoms with E-state index in [-0.39, 0.29) is 11.8 Å². The zero-order valence-electron chi connectivity index (χ0n) is 17.3. The van der Waals surface area contributed by atoms with E-state index in [9.17, 15) is 9.59 Å². The third-order valence-electron chi connectivity index (χ3n) is 7.78. The Bertz CT molecular complexity index is 541. The van der Waals surface area contributed by atoms with E-state index in [2.05, 4.69) is 10.2 Å². The molecule has 2 bridgehead atoms. The number of amides is 2. The van der Waals surface area contributed by atoms with Gasteiger partial charge in [0.05, 0.1) is 6.54 Å². The van der Waals surface area contributed by atoms with E-state index in [1.165, 1.54) is 38.5 Å². The van der Waals surface area contributed by atoms with E-state index in [1.54, 1.807) is 0 Å². The maximum absolute atomic E-state index is 13.1. The zero-order valence-corrected chi connectivity index (χ0v) is 17.3. The predicted octanol–water partition coefficient (Wildman–Crippen LogP) is 1.73. The minimum Gasteiger partial charge on any atom is -0.352 e. The zero-order chi connectivity index (χ0) is 19.5. The van der Waals surface area contributed by atoms with Crippen molar-refractivity contribution >= 4 is 11.8 Å². The quantitative estimate of drug-likeness (QED) is 0.766. The molecule has 0 spiro atoms. The van der Waals surface area contributed by atoms with Crippen molar-refractivity contribution in [1.82, 2.24) is 15.1 Å². The second-order valence-electron chi connectivity index (χ2n) is 9.70. The molecule has 6 nitrogen and oxygen atoms in total. The van der Waals surface area contributed by atoms with E-state index in [4.69, 9.17) is 5.73 Å². The van der Waals surface area contributed by atoms with Crippen LogP contribution < -0.4 is 11.1 Å². The number of nitrogens with two attached hydrogens (primary N) is 1. The number of rotatable bonds is 4. The molecule has 28 heavy (non-hydrogen) atoms. The minimum absolute atomic E-state index is 0.153. The topological polar surface area (TPSA) is 78.7 Å². The third-order valence-corrected chi connectivity index (χ3v) is 7.78. The molecule has 6 heteroatoms. The van der Waals surface area contributed by atoms with E-state index < -0.39 is 0 Å². The van der Waals surface area contributed by atoms with Crippen LogP contribution in [0.15, 0.2) is 0 Å². The summed E-state index contributed by atoms with van der Waals surface area (Å²) < 4.78 is 0. The summed E-state index contributed by atoms with van der Waals surface area (Å²) in [6.07, 6.45) is 11.7. The van der Waals surface area contributed by atoms with Gasteiger partial charge in [0.25, 0.3) is 0 Å². The number of hydrogen-bond acceptors (Lipinski definition) is 4. The molecule has 2 atom stereocenters. The lowest BCUT2D eigenvalue weighted by Gasteiger charge is -2.45. The molecule has 1 saturated heterocycles. The largest absolute Gasteiger partial charge is 0.352 e. The van der Waals surface area contributed by atoms with Crippen molar-refractivity contribution in [2.75, 3.05) is 32.7 Å². The maximum atomic E-state index is 13.1. The van der Waals surface area contributed by atoms with Gasteiger partial charge in [-0.15, -0.1) is 0 Å². The average Bonchev–Trinajstić information content (AvgIpc) is 2.68. The predicted molar refractivity (Wildman–Crippen MR) is 110 cm³/mol. The summed E-state index contributed by atoms with van der Waals surface area (Å²) in [6.45, 7) is 3.60. The van der Waals surface area contributed by atoms with Crippen molar-refractivity contribution in [2.45, 2.75) is 76.3 Å². The van der Waals surface area contributed by atoms with Crippen LogP contribution in [0.25, 0.3) is 0 Å². The van der Waals surface area contributed by atoms with Gasteiger partial charge in [-0.3, -0.25) is 14.5 Å². The van der Waals surface area contributed by atoms with Crippen molar-refractivity contribution < 1.29 is 9.59 Å². The van der Waals surface area contributed by atoms with Crippen LogP contribution in [-0.4, -0.2) is 66.4 Å². The van der Waals surface area contributed by atoms with Gasteiger partial charge < -0.3 is 16.0 Å². The summed E-state index contributed by atoms with van der Waals surface area (Å²) in [5.74, 6) is 1.77. The molecule has 4 aliphatic rings. The lowest BCUT2D eigenvalue weighted by Crippen LogP contribution is -2.55. The molecule has 0 radical (unpaired) electrons. The number of piperazine rings is 1. The second kappa shape index (κ2) is 9.12. The van der Waals surface area contributed by atoms with Crippen molar-refractivity contribution in [3.8, 4) is 0 Å². The molecular formula is C22H38N4O2. The lowest BCUT2D eigenvalue weighted by atomic mass is 9.65. The van der Waals surface area contributed by atoms with Crippen LogP contribution in [0.4, 0.5) is 0 Å². The molecule has 4 fully saturated rings. The molecule has 3 N–H and O–H groups in total. The summed E-state index contributed by atoms with van der Waals surface area (Å²) in [4.78, 5) is 29.7. The molecule has 158 valence electrons. The fraction of sp³-hybridized carbons (Fsp3) is 0.909. The molecule has 0 aromatic carbocycles. The molecule has 1 aliphatic heterocycles. The number of nitrogens with zero attached hydrogens (tertiary/aromatic N) is 2. The molecule has 2 unspecified atom stereocenters. The van der Waals surface area contributed by atoms with Gasteiger partial charge in [-0.2, -0.15) is 0 Å². The first-order chi connectivity index (χ1) is 13.6. The Morgan fingerprint density at radius 2 is 1.50 bits per heavy atom. The van der Waals surface area contributed by atoms with Crippen LogP contribution in [0.1, 0.15) is 64.2 Å². The van der Waals surface area contributed by atoms with Gasteiger partial charge >= 0.3 is 0 Å². The van der Waals surface area contributed by atoms with Gasteiger partial charge in [0, 0.05) is 44.2 Å². The number of carbonyl (C=O) groups is 2. The van der Waals surface area contributed by atoms with Crippen molar-refractivity contribution in [3.63, 3.8) is 0 Å². The highest BCUT2D eigenvalue weighted by molar-refractivity contribution is 5.80. The summed E-state index contributed by atoms with van der Waals surface area (Å²) in [6, 6.07) is 0.693. The Morgan fingerprint density at radius 1 is 0.857 bits per heavy atom. The minimum atomic E-state index is 0.153. The standard InChI is InChI=1S/C22H38N4O2/c23-21-16-5-4-6-17(21)14-18(13-16)22(28)26-11-9-25(10-12-26)15-20(27)24-19-7-2-1-3-8-19/h16-19,21H,1-15,23H2,(H,24,27). The number of fused-ring (bicyclic) bond motifs is 2. The van der Waals surface area contributed by atoms with Crippen LogP contribution in [-0.2, 0) is 9.59 Å². The third kappa shape index (κ3) is 4.70. The van der Waals surface area contributed by atoms with E-state index >= 15 is 0 Å². The van der Waals surface area contributed by atoms with Crippen molar-refractivity contribution in [1.29, 1.82) is 0 Å². The van der Waals surface area contributed by atoms with Gasteiger partial charge in [0.2, 0.25) is 11.8 Å². The van der Waals surface area contributed by atoms with Crippen LogP contribution in [0.5, 0.6) is 0 Å². The summed E-state index contributed by atoms with van der Waals surface area (Å²) in [7, 11) is 0. The van der Waals surface area contributed by atoms with Crippen molar-refractivity contribution in [2.24, 2.45) is 23.5 Å². The number of carbonyl (C=O) groups excluding carboxylic acids is 2. The highest BCUT2D eigenvalue weighted by Gasteiger charge is 2.41. The van der Waals surface area contributed by atoms with E-state index in [1.807, 2.05) is 4.90 Å². The molecule has 0 aromatic rings. The second-order valence-corrected chi connectivity index (χ2v) is 9.70. The number of nitrogens with one attached hydrogen (secondary N) is 1. The van der Waals surface area contributed by atoms with Gasteiger partial charge in [-0.1, -0.05) is 25.7 Å². The van der Waals surface area contributed by atoms with Gasteiger partial charge in [0.1, 0.15) is 0 Å². The monoisotopic (exact) mass is 390 g/mol. The normalized spacial score (nSPS) is 34.8. The van der Waals surface area contributed by atoms with Gasteiger partial charge in [-0.05, 0) is 50.4 Å². The molecule has 1 heterocycles. The van der Waals surface area contributed by atoms with Crippen LogP contribution in [0.3, 0.4) is 0 Å². The maximum Gasteiger partial charge on any atom is 0.234 e. The fourth-order valence-electron chi connectivity index (χ4n) is 6.10. The first kappa shape index (κ1) is 20.1. The first-order valence-electron chi connectivity index (χ1n) is 11.7. The first-order valence-corrected chi connectivity index (χ1v) is 11.7. The SMILES string of the molecule is NC1C2CCCC1CC(C(=O)N1CCN(CC(=O)NC3CCCCC3)CC1)C2. The lowest BCUT2D eigenvalue weighted by molar-refractivity contribution is -0.140. The Kier molecular flexibility index (Phi) is 6.56. The smallest absolute Gasteiger partial charge is 0.234 e. The highest BCUT2D eigenvalue weighted by Crippen LogP contribution is 2.42. The number of hydrogen-bond donors (Lipinski definition) is 2. The van der Waals surface area contributed by atoms with E-state index in [0.29, 0.717) is 36.4 Å². The average molecular weight is 391 g/mol. The molecule has 3 saturated carbocycles. The highest BCUT2D eigenvalue weighted by atomic mass is 16.2. The Labute approximate surface area is 169 Å². The van der Waals surface area contributed by atoms with Gasteiger partial charge in [0.15, 0.2) is 0 Å². The van der Waals surface area contributed by atoms with Crippen LogP contribution >= 0.6 is 0 Å². The molecular weight excluding hydrogens is 352 g/mol. The van der Waals surface area contributed by atoms with Gasteiger partial charge in [-0.25, -0.2) is 0 Å². The van der Waals surface area contributed by atoms with E-state index in [0.717, 1.165) is 51.9 Å². The fourth-order valence-corrected chi connectivity index (χ4v) is 6.10. The summed E-state index contributed by atoms with van der Waals surface area (Å²) >= 11 is 0. The summed E-state index contributed by atoms with van der Waals surface area (Å²) in [5.41, 5.74) is 6.39. The van der Waals surface area contributed by atoms with Crippen LogP contribution in [0.2, 0.25) is 0 Å². The molecule has 4 rings (SSSR count). The Balaban J connectivity index is 1.20. The molecule has 2 amide bonds.